The first-order valence-electron chi connectivity index (χ1n) is 4.56. The number of hydrogen-bond donors (Lipinski definition) is 1. The molecule has 0 amide bonds. The molecule has 1 heterocycles. The van der Waals surface area contributed by atoms with Gasteiger partial charge in [-0.2, -0.15) is 0 Å². The van der Waals surface area contributed by atoms with Crippen molar-refractivity contribution in [3.8, 4) is 11.1 Å². The molecular weight excluding hydrogens is 208 g/mol. The van der Waals surface area contributed by atoms with Gasteiger partial charge in [-0.3, -0.25) is 0 Å². The van der Waals surface area contributed by atoms with Gasteiger partial charge in [0.15, 0.2) is 0 Å². The number of aromatic carboxylic acids is 1. The number of carboxylic acids is 1. The maximum Gasteiger partial charge on any atom is 0.345 e. The quantitative estimate of drug-likeness (QED) is 0.838. The van der Waals surface area contributed by atoms with Gasteiger partial charge >= 0.3 is 5.97 Å². The first-order chi connectivity index (χ1) is 7.18. The standard InChI is InChI=1S/C12H10O2S/c1-8-4-2-3-5-10(8)9-6-11(12(13)14)15-7-9/h2-7H,1H3,(H,13,14). The van der Waals surface area contributed by atoms with Crippen molar-refractivity contribution in [1.82, 2.24) is 0 Å². The van der Waals surface area contributed by atoms with E-state index in [0.717, 1.165) is 16.7 Å². The van der Waals surface area contributed by atoms with Crippen LogP contribution in [0.4, 0.5) is 0 Å². The Morgan fingerprint density at radius 3 is 2.67 bits per heavy atom. The maximum absolute atomic E-state index is 10.7. The van der Waals surface area contributed by atoms with E-state index in [1.54, 1.807) is 6.07 Å². The Kier molecular flexibility index (Phi) is 2.56. The van der Waals surface area contributed by atoms with E-state index in [9.17, 15) is 4.79 Å². The van der Waals surface area contributed by atoms with Crippen LogP contribution < -0.4 is 0 Å². The van der Waals surface area contributed by atoms with Crippen LogP contribution in [-0.4, -0.2) is 11.1 Å². The van der Waals surface area contributed by atoms with Crippen molar-refractivity contribution in [1.29, 1.82) is 0 Å². The van der Waals surface area contributed by atoms with Gasteiger partial charge in [-0.25, -0.2) is 4.79 Å². The molecule has 0 saturated carbocycles. The van der Waals surface area contributed by atoms with Gasteiger partial charge in [0.2, 0.25) is 0 Å². The monoisotopic (exact) mass is 218 g/mol. The molecule has 2 rings (SSSR count). The third-order valence-corrected chi connectivity index (χ3v) is 3.18. The van der Waals surface area contributed by atoms with E-state index in [1.165, 1.54) is 11.3 Å². The molecule has 0 spiro atoms. The average Bonchev–Trinajstić information content (AvgIpc) is 2.67. The Bertz CT molecular complexity index is 500. The van der Waals surface area contributed by atoms with Gasteiger partial charge in [0.05, 0.1) is 0 Å². The third kappa shape index (κ3) is 1.92. The van der Waals surface area contributed by atoms with Crippen LogP contribution in [0.25, 0.3) is 11.1 Å². The predicted molar refractivity (Wildman–Crippen MR) is 61.5 cm³/mol. The van der Waals surface area contributed by atoms with Gasteiger partial charge in [0, 0.05) is 0 Å². The minimum Gasteiger partial charge on any atom is -0.477 e. The molecule has 0 fully saturated rings. The summed E-state index contributed by atoms with van der Waals surface area (Å²) in [4.78, 5) is 11.1. The maximum atomic E-state index is 10.7. The Morgan fingerprint density at radius 1 is 1.33 bits per heavy atom. The fraction of sp³-hybridized carbons (Fsp3) is 0.0833. The van der Waals surface area contributed by atoms with Crippen LogP contribution in [0.5, 0.6) is 0 Å². The van der Waals surface area contributed by atoms with Crippen molar-refractivity contribution >= 4 is 17.3 Å². The van der Waals surface area contributed by atoms with Gasteiger partial charge in [0.1, 0.15) is 4.88 Å². The molecule has 76 valence electrons. The molecule has 0 saturated heterocycles. The zero-order chi connectivity index (χ0) is 10.8. The molecule has 1 N–H and O–H groups in total. The number of hydrogen-bond acceptors (Lipinski definition) is 2. The summed E-state index contributed by atoms with van der Waals surface area (Å²) in [7, 11) is 0. The van der Waals surface area contributed by atoms with Crippen LogP contribution in [0.1, 0.15) is 15.2 Å². The van der Waals surface area contributed by atoms with Gasteiger partial charge in [-0.05, 0) is 35.1 Å². The van der Waals surface area contributed by atoms with Crippen LogP contribution in [0, 0.1) is 6.92 Å². The normalized spacial score (nSPS) is 10.2. The highest BCUT2D eigenvalue weighted by Gasteiger charge is 2.08. The highest BCUT2D eigenvalue weighted by Crippen LogP contribution is 2.27. The topological polar surface area (TPSA) is 37.3 Å². The number of carboxylic acid groups (broad SMARTS) is 1. The molecule has 0 atom stereocenters. The molecule has 0 unspecified atom stereocenters. The molecule has 1 aromatic heterocycles. The lowest BCUT2D eigenvalue weighted by Gasteiger charge is -2.01. The minimum absolute atomic E-state index is 0.383. The van der Waals surface area contributed by atoms with Crippen LogP contribution >= 0.6 is 11.3 Å². The molecule has 3 heteroatoms. The number of rotatable bonds is 2. The van der Waals surface area contributed by atoms with Crippen molar-refractivity contribution < 1.29 is 9.90 Å². The third-order valence-electron chi connectivity index (χ3n) is 2.27. The summed E-state index contributed by atoms with van der Waals surface area (Å²) in [5.41, 5.74) is 3.24. The zero-order valence-corrected chi connectivity index (χ0v) is 9.04. The summed E-state index contributed by atoms with van der Waals surface area (Å²) in [6.07, 6.45) is 0. The van der Waals surface area contributed by atoms with E-state index in [2.05, 4.69) is 0 Å². The molecular formula is C12H10O2S. The van der Waals surface area contributed by atoms with Crippen LogP contribution in [0.2, 0.25) is 0 Å². The lowest BCUT2D eigenvalue weighted by molar-refractivity contribution is 0.0702. The second-order valence-electron chi connectivity index (χ2n) is 3.32. The molecule has 0 radical (unpaired) electrons. The number of benzene rings is 1. The summed E-state index contributed by atoms with van der Waals surface area (Å²) in [5.74, 6) is -0.861. The van der Waals surface area contributed by atoms with E-state index in [-0.39, 0.29) is 0 Å². The summed E-state index contributed by atoms with van der Waals surface area (Å²) in [6, 6.07) is 9.68. The van der Waals surface area contributed by atoms with Crippen molar-refractivity contribution in [3.05, 3.63) is 46.2 Å². The van der Waals surface area contributed by atoms with E-state index in [1.807, 2.05) is 36.6 Å². The molecule has 0 aliphatic heterocycles. The second-order valence-corrected chi connectivity index (χ2v) is 4.23. The van der Waals surface area contributed by atoms with E-state index in [0.29, 0.717) is 4.88 Å². The van der Waals surface area contributed by atoms with Gasteiger partial charge in [0.25, 0.3) is 0 Å². The molecule has 2 aromatic rings. The van der Waals surface area contributed by atoms with Crippen molar-refractivity contribution in [2.75, 3.05) is 0 Å². The van der Waals surface area contributed by atoms with Crippen LogP contribution in [-0.2, 0) is 0 Å². The Morgan fingerprint density at radius 2 is 2.07 bits per heavy atom. The lowest BCUT2D eigenvalue weighted by atomic mass is 10.0. The summed E-state index contributed by atoms with van der Waals surface area (Å²) in [5, 5.41) is 10.7. The average molecular weight is 218 g/mol. The van der Waals surface area contributed by atoms with Crippen molar-refractivity contribution in [2.24, 2.45) is 0 Å². The molecule has 2 nitrogen and oxygen atoms in total. The van der Waals surface area contributed by atoms with E-state index in [4.69, 9.17) is 5.11 Å². The summed E-state index contributed by atoms with van der Waals surface area (Å²) < 4.78 is 0. The van der Waals surface area contributed by atoms with Crippen molar-refractivity contribution in [2.45, 2.75) is 6.92 Å². The first-order valence-corrected chi connectivity index (χ1v) is 5.44. The Labute approximate surface area is 91.8 Å². The highest BCUT2D eigenvalue weighted by molar-refractivity contribution is 7.12. The fourth-order valence-electron chi connectivity index (χ4n) is 1.49. The van der Waals surface area contributed by atoms with Gasteiger partial charge in [-0.1, -0.05) is 24.3 Å². The lowest BCUT2D eigenvalue weighted by Crippen LogP contribution is -1.90. The molecule has 1 aromatic carbocycles. The molecule has 15 heavy (non-hydrogen) atoms. The van der Waals surface area contributed by atoms with Gasteiger partial charge < -0.3 is 5.11 Å². The Hall–Kier alpha value is -1.61. The van der Waals surface area contributed by atoms with E-state index < -0.39 is 5.97 Å². The molecule has 0 aliphatic rings. The van der Waals surface area contributed by atoms with Crippen LogP contribution in [0.3, 0.4) is 0 Å². The summed E-state index contributed by atoms with van der Waals surface area (Å²) in [6.45, 7) is 2.02. The summed E-state index contributed by atoms with van der Waals surface area (Å²) >= 11 is 1.26. The fourth-order valence-corrected chi connectivity index (χ4v) is 2.23. The first kappa shape index (κ1) is 9.93. The Balaban J connectivity index is 2.46. The molecule has 0 bridgehead atoms. The second kappa shape index (κ2) is 3.87. The molecule has 0 aliphatic carbocycles. The van der Waals surface area contributed by atoms with E-state index >= 15 is 0 Å². The minimum atomic E-state index is -0.861. The smallest absolute Gasteiger partial charge is 0.345 e. The van der Waals surface area contributed by atoms with Crippen LogP contribution in [0.15, 0.2) is 35.7 Å². The van der Waals surface area contributed by atoms with Gasteiger partial charge in [-0.15, -0.1) is 11.3 Å². The zero-order valence-electron chi connectivity index (χ0n) is 8.23. The number of carbonyl (C=O) groups is 1. The van der Waals surface area contributed by atoms with Crippen molar-refractivity contribution in [3.63, 3.8) is 0 Å². The predicted octanol–water partition coefficient (Wildman–Crippen LogP) is 3.42. The number of aryl methyl sites for hydroxylation is 1. The number of thiophene rings is 1. The largest absolute Gasteiger partial charge is 0.477 e. The SMILES string of the molecule is Cc1ccccc1-c1csc(C(=O)O)c1. The highest BCUT2D eigenvalue weighted by atomic mass is 32.1.